The van der Waals surface area contributed by atoms with E-state index in [-0.39, 0.29) is 17.9 Å². The van der Waals surface area contributed by atoms with Gasteiger partial charge in [0.15, 0.2) is 16.5 Å². The predicted octanol–water partition coefficient (Wildman–Crippen LogP) is 4.14. The lowest BCUT2D eigenvalue weighted by Crippen LogP contribution is -2.29. The monoisotopic (exact) mass is 543 g/mol. The molecule has 0 spiro atoms. The van der Waals surface area contributed by atoms with Crippen molar-refractivity contribution in [1.82, 2.24) is 24.5 Å². The smallest absolute Gasteiger partial charge is 0.268 e. The van der Waals surface area contributed by atoms with Crippen molar-refractivity contribution < 1.29 is 14.3 Å². The van der Waals surface area contributed by atoms with Crippen LogP contribution in [0, 0.1) is 13.8 Å². The molecule has 3 heterocycles. The number of para-hydroxylation sites is 1. The number of benzene rings is 2. The van der Waals surface area contributed by atoms with E-state index in [1.807, 2.05) is 78.5 Å². The van der Waals surface area contributed by atoms with Crippen LogP contribution in [-0.2, 0) is 17.6 Å². The molecule has 2 aromatic carbocycles. The third-order valence-electron chi connectivity index (χ3n) is 6.49. The SMILES string of the molecule is COc1ccc(CCNC(=O)Cc2csc3nc(C)c(-c4cc(C)n(-c5ccccc5)n4)c(=O)n23)cc1OC. The first-order valence-electron chi connectivity index (χ1n) is 12.5. The number of methoxy groups -OCH3 is 2. The van der Waals surface area contributed by atoms with Crippen molar-refractivity contribution in [1.29, 1.82) is 0 Å². The molecule has 0 aliphatic heterocycles. The normalized spacial score (nSPS) is 11.1. The number of fused-ring (bicyclic) bond motifs is 1. The minimum Gasteiger partial charge on any atom is -0.493 e. The van der Waals surface area contributed by atoms with Crippen LogP contribution in [0.25, 0.3) is 21.9 Å². The second kappa shape index (κ2) is 11.1. The standard InChI is InChI=1S/C29H29N5O4S/c1-18-14-23(32-34(18)21-8-6-5-7-9-21)27-19(2)31-29-33(28(27)36)22(17-39-29)16-26(35)30-13-12-20-10-11-24(37-3)25(15-20)38-4/h5-11,14-15,17H,12-13,16H2,1-4H3,(H,30,35). The van der Waals surface area contributed by atoms with E-state index in [9.17, 15) is 9.59 Å². The number of thiazole rings is 1. The van der Waals surface area contributed by atoms with Gasteiger partial charge in [-0.25, -0.2) is 9.67 Å². The highest BCUT2D eigenvalue weighted by molar-refractivity contribution is 7.15. The molecule has 5 rings (SSSR count). The minimum absolute atomic E-state index is 0.0630. The van der Waals surface area contributed by atoms with Crippen LogP contribution in [0.2, 0.25) is 0 Å². The van der Waals surface area contributed by atoms with E-state index >= 15 is 0 Å². The average molecular weight is 544 g/mol. The van der Waals surface area contributed by atoms with Crippen molar-refractivity contribution in [3.63, 3.8) is 0 Å². The van der Waals surface area contributed by atoms with E-state index in [0.29, 0.717) is 52.1 Å². The van der Waals surface area contributed by atoms with Crippen LogP contribution in [0.3, 0.4) is 0 Å². The quantitative estimate of drug-likeness (QED) is 0.300. The number of amides is 1. The number of nitrogens with one attached hydrogen (secondary N) is 1. The Morgan fingerprint density at radius 3 is 2.54 bits per heavy atom. The molecule has 3 aromatic heterocycles. The Hall–Kier alpha value is -4.44. The summed E-state index contributed by atoms with van der Waals surface area (Å²) in [6, 6.07) is 17.3. The highest BCUT2D eigenvalue weighted by Gasteiger charge is 2.20. The third-order valence-corrected chi connectivity index (χ3v) is 7.37. The molecule has 0 fully saturated rings. The molecule has 0 atom stereocenters. The number of carbonyl (C=O) groups is 1. The lowest BCUT2D eigenvalue weighted by molar-refractivity contribution is -0.120. The zero-order chi connectivity index (χ0) is 27.5. The summed E-state index contributed by atoms with van der Waals surface area (Å²) in [6.07, 6.45) is 0.693. The molecular formula is C29H29N5O4S. The maximum Gasteiger partial charge on any atom is 0.268 e. The second-order valence-electron chi connectivity index (χ2n) is 9.11. The first-order chi connectivity index (χ1) is 18.9. The van der Waals surface area contributed by atoms with Gasteiger partial charge < -0.3 is 14.8 Å². The van der Waals surface area contributed by atoms with Gasteiger partial charge in [-0.2, -0.15) is 5.10 Å². The van der Waals surface area contributed by atoms with Crippen molar-refractivity contribution >= 4 is 22.2 Å². The van der Waals surface area contributed by atoms with Crippen LogP contribution in [0.1, 0.15) is 22.6 Å². The van der Waals surface area contributed by atoms with Crippen LogP contribution < -0.4 is 20.3 Å². The summed E-state index contributed by atoms with van der Waals surface area (Å²) in [5.74, 6) is 1.13. The molecule has 39 heavy (non-hydrogen) atoms. The average Bonchev–Trinajstić information content (AvgIpc) is 3.52. The zero-order valence-corrected chi connectivity index (χ0v) is 23.0. The van der Waals surface area contributed by atoms with Crippen LogP contribution in [0.4, 0.5) is 0 Å². The molecule has 10 heteroatoms. The molecule has 5 aromatic rings. The van der Waals surface area contributed by atoms with E-state index in [2.05, 4.69) is 10.3 Å². The molecule has 0 bridgehead atoms. The first-order valence-corrected chi connectivity index (χ1v) is 13.4. The van der Waals surface area contributed by atoms with Gasteiger partial charge in [-0.15, -0.1) is 11.3 Å². The molecule has 1 N–H and O–H groups in total. The van der Waals surface area contributed by atoms with E-state index < -0.39 is 0 Å². The Kier molecular flexibility index (Phi) is 7.47. The fourth-order valence-electron chi connectivity index (χ4n) is 4.56. The van der Waals surface area contributed by atoms with Gasteiger partial charge in [0.05, 0.1) is 37.6 Å². The van der Waals surface area contributed by atoms with Crippen molar-refractivity contribution in [3.05, 3.63) is 93.0 Å². The highest BCUT2D eigenvalue weighted by atomic mass is 32.1. The van der Waals surface area contributed by atoms with Crippen molar-refractivity contribution in [2.75, 3.05) is 20.8 Å². The van der Waals surface area contributed by atoms with Gasteiger partial charge in [0.1, 0.15) is 5.69 Å². The Labute approximate surface area is 229 Å². The molecule has 0 aliphatic carbocycles. The summed E-state index contributed by atoms with van der Waals surface area (Å²) in [5, 5.41) is 9.48. The molecule has 0 unspecified atom stereocenters. The molecule has 0 radical (unpaired) electrons. The topological polar surface area (TPSA) is 99.7 Å². The van der Waals surface area contributed by atoms with Gasteiger partial charge in [0.25, 0.3) is 5.56 Å². The summed E-state index contributed by atoms with van der Waals surface area (Å²) in [7, 11) is 3.18. The fraction of sp³-hybridized carbons (Fsp3) is 0.241. The van der Waals surface area contributed by atoms with Gasteiger partial charge in [-0.1, -0.05) is 24.3 Å². The van der Waals surface area contributed by atoms with Crippen LogP contribution in [-0.4, -0.2) is 45.8 Å². The van der Waals surface area contributed by atoms with Crippen molar-refractivity contribution in [2.24, 2.45) is 0 Å². The van der Waals surface area contributed by atoms with Gasteiger partial charge >= 0.3 is 0 Å². The highest BCUT2D eigenvalue weighted by Crippen LogP contribution is 2.27. The Balaban J connectivity index is 1.35. The Bertz CT molecular complexity index is 1700. The summed E-state index contributed by atoms with van der Waals surface area (Å²) >= 11 is 1.34. The molecule has 0 aliphatic rings. The maximum absolute atomic E-state index is 13.7. The molecule has 0 saturated carbocycles. The van der Waals surface area contributed by atoms with Gasteiger partial charge in [-0.3, -0.25) is 14.0 Å². The van der Waals surface area contributed by atoms with Gasteiger partial charge in [-0.05, 0) is 56.2 Å². The number of nitrogens with zero attached hydrogens (tertiary/aromatic N) is 4. The second-order valence-corrected chi connectivity index (χ2v) is 9.94. The maximum atomic E-state index is 13.7. The van der Waals surface area contributed by atoms with E-state index in [0.717, 1.165) is 16.9 Å². The molecule has 9 nitrogen and oxygen atoms in total. The van der Waals surface area contributed by atoms with Crippen molar-refractivity contribution in [2.45, 2.75) is 26.7 Å². The number of ether oxygens (including phenoxy) is 2. The summed E-state index contributed by atoms with van der Waals surface area (Å²) < 4.78 is 14.0. The summed E-state index contributed by atoms with van der Waals surface area (Å²) in [4.78, 5) is 31.7. The van der Waals surface area contributed by atoms with Crippen molar-refractivity contribution in [3.8, 4) is 28.4 Å². The molecule has 1 amide bonds. The Morgan fingerprint density at radius 1 is 1.03 bits per heavy atom. The number of aromatic nitrogens is 4. The van der Waals surface area contributed by atoms with Crippen LogP contribution >= 0.6 is 11.3 Å². The summed E-state index contributed by atoms with van der Waals surface area (Å²) in [6.45, 7) is 4.21. The van der Waals surface area contributed by atoms with Crippen LogP contribution in [0.15, 0.2) is 64.8 Å². The predicted molar refractivity (Wildman–Crippen MR) is 151 cm³/mol. The zero-order valence-electron chi connectivity index (χ0n) is 22.2. The molecule has 0 saturated heterocycles. The van der Waals surface area contributed by atoms with E-state index in [4.69, 9.17) is 14.6 Å². The summed E-state index contributed by atoms with van der Waals surface area (Å²) in [5.41, 5.74) is 4.77. The number of hydrogen-bond acceptors (Lipinski definition) is 7. The van der Waals surface area contributed by atoms with Gasteiger partial charge in [0, 0.05) is 23.3 Å². The van der Waals surface area contributed by atoms with Gasteiger partial charge in [0.2, 0.25) is 5.91 Å². The lowest BCUT2D eigenvalue weighted by atomic mass is 10.1. The van der Waals surface area contributed by atoms with Crippen LogP contribution in [0.5, 0.6) is 11.5 Å². The first kappa shape index (κ1) is 26.2. The largest absolute Gasteiger partial charge is 0.493 e. The van der Waals surface area contributed by atoms with E-state index in [1.54, 1.807) is 14.2 Å². The minimum atomic E-state index is -0.232. The lowest BCUT2D eigenvalue weighted by Gasteiger charge is -2.10. The number of hydrogen-bond donors (Lipinski definition) is 1. The molecular weight excluding hydrogens is 514 g/mol. The number of carbonyl (C=O) groups excluding carboxylic acids is 1. The fourth-order valence-corrected chi connectivity index (χ4v) is 5.49. The van der Waals surface area contributed by atoms with E-state index in [1.165, 1.54) is 15.7 Å². The number of rotatable bonds is 9. The molecule has 200 valence electrons. The number of aryl methyl sites for hydroxylation is 2. The Morgan fingerprint density at radius 2 is 1.79 bits per heavy atom. The third kappa shape index (κ3) is 5.28.